The number of aromatic nitrogens is 2. The molecule has 1 saturated heterocycles. The molecule has 0 bridgehead atoms. The van der Waals surface area contributed by atoms with Gasteiger partial charge in [0, 0.05) is 13.1 Å². The smallest absolute Gasteiger partial charge is 0.406 e. The van der Waals surface area contributed by atoms with Crippen LogP contribution in [0.5, 0.6) is 5.75 Å². The highest BCUT2D eigenvalue weighted by atomic mass is 32.2. The van der Waals surface area contributed by atoms with E-state index >= 15 is 0 Å². The maximum atomic E-state index is 12.8. The number of benzene rings is 2. The molecule has 2 heterocycles. The summed E-state index contributed by atoms with van der Waals surface area (Å²) in [7, 11) is -3.81. The van der Waals surface area contributed by atoms with E-state index in [1.807, 2.05) is 28.8 Å². The van der Waals surface area contributed by atoms with Crippen molar-refractivity contribution in [2.45, 2.75) is 23.7 Å². The Hall–Kier alpha value is -2.59. The van der Waals surface area contributed by atoms with Crippen molar-refractivity contribution in [1.82, 2.24) is 13.9 Å². The van der Waals surface area contributed by atoms with Crippen molar-refractivity contribution in [3.05, 3.63) is 54.9 Å². The van der Waals surface area contributed by atoms with Crippen molar-refractivity contribution in [1.29, 1.82) is 0 Å². The summed E-state index contributed by atoms with van der Waals surface area (Å²) in [6.07, 6.45) is -2.50. The first kappa shape index (κ1) is 18.8. The molecule has 0 spiro atoms. The molecule has 0 N–H and O–H groups in total. The first-order valence-corrected chi connectivity index (χ1v) is 9.95. The third-order valence-corrected chi connectivity index (χ3v) is 6.58. The van der Waals surface area contributed by atoms with Crippen LogP contribution in [0.1, 0.15) is 12.5 Å². The largest absolute Gasteiger partial charge is 0.573 e. The van der Waals surface area contributed by atoms with Crippen LogP contribution in [0.25, 0.3) is 11.0 Å². The molecule has 1 fully saturated rings. The van der Waals surface area contributed by atoms with Crippen LogP contribution in [0.3, 0.4) is 0 Å². The first-order chi connectivity index (χ1) is 13.2. The SMILES string of the molecule is O=S(=O)(c1ccc(OC(F)(F)F)cc1)N1CCC(n2cnc3ccccc32)C1. The number of para-hydroxylation sites is 2. The van der Waals surface area contributed by atoms with E-state index in [9.17, 15) is 21.6 Å². The van der Waals surface area contributed by atoms with Crippen molar-refractivity contribution in [3.8, 4) is 5.75 Å². The average Bonchev–Trinajstić information content (AvgIpc) is 3.28. The predicted molar refractivity (Wildman–Crippen MR) is 95.3 cm³/mol. The van der Waals surface area contributed by atoms with Gasteiger partial charge in [-0.2, -0.15) is 4.31 Å². The van der Waals surface area contributed by atoms with Gasteiger partial charge in [-0.3, -0.25) is 0 Å². The number of imidazole rings is 1. The highest BCUT2D eigenvalue weighted by Gasteiger charge is 2.34. The lowest BCUT2D eigenvalue weighted by atomic mass is 10.2. The Labute approximate surface area is 159 Å². The van der Waals surface area contributed by atoms with Gasteiger partial charge in [-0.05, 0) is 42.8 Å². The van der Waals surface area contributed by atoms with Gasteiger partial charge in [-0.1, -0.05) is 12.1 Å². The number of rotatable bonds is 4. The number of alkyl halides is 3. The second kappa shape index (κ2) is 6.78. The minimum absolute atomic E-state index is 0.0602. The Morgan fingerprint density at radius 1 is 1.07 bits per heavy atom. The van der Waals surface area contributed by atoms with Gasteiger partial charge in [-0.25, -0.2) is 13.4 Å². The molecule has 0 amide bonds. The quantitative estimate of drug-likeness (QED) is 0.659. The van der Waals surface area contributed by atoms with E-state index in [0.717, 1.165) is 35.3 Å². The molecule has 0 aliphatic carbocycles. The Kier molecular flexibility index (Phi) is 4.54. The number of halogens is 3. The van der Waals surface area contributed by atoms with Crippen molar-refractivity contribution in [2.24, 2.45) is 0 Å². The van der Waals surface area contributed by atoms with E-state index < -0.39 is 22.1 Å². The fourth-order valence-electron chi connectivity index (χ4n) is 3.39. The molecule has 1 aliphatic rings. The van der Waals surface area contributed by atoms with Gasteiger partial charge < -0.3 is 9.30 Å². The van der Waals surface area contributed by atoms with Crippen LogP contribution in [0, 0.1) is 0 Å². The van der Waals surface area contributed by atoms with Gasteiger partial charge in [0.2, 0.25) is 10.0 Å². The highest BCUT2D eigenvalue weighted by molar-refractivity contribution is 7.89. The summed E-state index contributed by atoms with van der Waals surface area (Å²) in [5, 5.41) is 0. The van der Waals surface area contributed by atoms with E-state index in [4.69, 9.17) is 0 Å². The number of fused-ring (bicyclic) bond motifs is 1. The van der Waals surface area contributed by atoms with Crippen molar-refractivity contribution >= 4 is 21.1 Å². The predicted octanol–water partition coefficient (Wildman–Crippen LogP) is 3.57. The normalized spacial score (nSPS) is 18.6. The summed E-state index contributed by atoms with van der Waals surface area (Å²) >= 11 is 0. The molecule has 1 aliphatic heterocycles. The lowest BCUT2D eigenvalue weighted by Gasteiger charge is -2.18. The van der Waals surface area contributed by atoms with Gasteiger partial charge in [0.05, 0.1) is 28.3 Å². The summed E-state index contributed by atoms with van der Waals surface area (Å²) in [5.41, 5.74) is 1.77. The summed E-state index contributed by atoms with van der Waals surface area (Å²) in [5.74, 6) is -0.462. The Morgan fingerprint density at radius 2 is 1.79 bits per heavy atom. The molecular formula is C18H16F3N3O3S. The summed E-state index contributed by atoms with van der Waals surface area (Å²) in [6, 6.07) is 11.8. The van der Waals surface area contributed by atoms with E-state index in [1.54, 1.807) is 6.33 Å². The van der Waals surface area contributed by atoms with Gasteiger partial charge in [0.1, 0.15) is 5.75 Å². The maximum Gasteiger partial charge on any atom is 0.573 e. The maximum absolute atomic E-state index is 12.8. The van der Waals surface area contributed by atoms with Crippen LogP contribution >= 0.6 is 0 Å². The zero-order valence-corrected chi connectivity index (χ0v) is 15.3. The van der Waals surface area contributed by atoms with Crippen molar-refractivity contribution in [2.75, 3.05) is 13.1 Å². The Balaban J connectivity index is 1.53. The summed E-state index contributed by atoms with van der Waals surface area (Å²) in [4.78, 5) is 4.27. The number of hydrogen-bond acceptors (Lipinski definition) is 4. The lowest BCUT2D eigenvalue weighted by molar-refractivity contribution is -0.274. The van der Waals surface area contributed by atoms with E-state index in [0.29, 0.717) is 13.0 Å². The number of hydrogen-bond donors (Lipinski definition) is 0. The third kappa shape index (κ3) is 3.57. The molecule has 28 heavy (non-hydrogen) atoms. The summed E-state index contributed by atoms with van der Waals surface area (Å²) < 4.78 is 69.5. The van der Waals surface area contributed by atoms with Gasteiger partial charge in [0.15, 0.2) is 0 Å². The number of sulfonamides is 1. The van der Waals surface area contributed by atoms with Crippen LogP contribution < -0.4 is 4.74 Å². The van der Waals surface area contributed by atoms with Crippen LogP contribution in [0.15, 0.2) is 59.8 Å². The van der Waals surface area contributed by atoms with E-state index in [2.05, 4.69) is 9.72 Å². The standard InChI is InChI=1S/C18H16F3N3O3S/c19-18(20,21)27-14-5-7-15(8-6-14)28(25,26)23-10-9-13(11-23)24-12-22-16-3-1-2-4-17(16)24/h1-8,12-13H,9-11H2. The van der Waals surface area contributed by atoms with E-state index in [-0.39, 0.29) is 17.5 Å². The fourth-order valence-corrected chi connectivity index (χ4v) is 4.88. The molecule has 1 aromatic heterocycles. The molecule has 0 saturated carbocycles. The minimum Gasteiger partial charge on any atom is -0.406 e. The van der Waals surface area contributed by atoms with Gasteiger partial charge >= 0.3 is 6.36 Å². The Morgan fingerprint density at radius 3 is 2.50 bits per heavy atom. The molecule has 148 valence electrons. The van der Waals surface area contributed by atoms with Gasteiger partial charge in [0.25, 0.3) is 0 Å². The molecule has 10 heteroatoms. The van der Waals surface area contributed by atoms with Crippen molar-refractivity contribution < 1.29 is 26.3 Å². The molecule has 4 rings (SSSR count). The second-order valence-electron chi connectivity index (χ2n) is 6.47. The number of nitrogens with zero attached hydrogens (tertiary/aromatic N) is 3. The molecular weight excluding hydrogens is 395 g/mol. The van der Waals surface area contributed by atoms with Crippen LogP contribution in [-0.2, 0) is 10.0 Å². The van der Waals surface area contributed by atoms with Gasteiger partial charge in [-0.15, -0.1) is 13.2 Å². The molecule has 1 unspecified atom stereocenters. The van der Waals surface area contributed by atoms with Crippen LogP contribution in [0.4, 0.5) is 13.2 Å². The third-order valence-electron chi connectivity index (χ3n) is 4.70. The monoisotopic (exact) mass is 411 g/mol. The summed E-state index contributed by atoms with van der Waals surface area (Å²) in [6.45, 7) is 0.587. The van der Waals surface area contributed by atoms with Crippen LogP contribution in [0.2, 0.25) is 0 Å². The van der Waals surface area contributed by atoms with E-state index in [1.165, 1.54) is 4.31 Å². The molecule has 3 aromatic rings. The second-order valence-corrected chi connectivity index (χ2v) is 8.40. The Bertz CT molecular complexity index is 1090. The van der Waals surface area contributed by atoms with Crippen LogP contribution in [-0.4, -0.2) is 41.7 Å². The zero-order valence-electron chi connectivity index (χ0n) is 14.5. The molecule has 6 nitrogen and oxygen atoms in total. The lowest BCUT2D eigenvalue weighted by Crippen LogP contribution is -2.29. The molecule has 2 aromatic carbocycles. The minimum atomic E-state index is -4.82. The van der Waals surface area contributed by atoms with Crippen molar-refractivity contribution in [3.63, 3.8) is 0 Å². The topological polar surface area (TPSA) is 64.4 Å². The number of ether oxygens (including phenoxy) is 1. The fraction of sp³-hybridized carbons (Fsp3) is 0.278. The highest BCUT2D eigenvalue weighted by Crippen LogP contribution is 2.31. The first-order valence-electron chi connectivity index (χ1n) is 8.51. The zero-order chi connectivity index (χ0) is 19.9. The average molecular weight is 411 g/mol. The molecule has 0 radical (unpaired) electrons. The molecule has 1 atom stereocenters.